The third-order valence-electron chi connectivity index (χ3n) is 7.49. The lowest BCUT2D eigenvalue weighted by Crippen LogP contribution is -2.58. The zero-order valence-corrected chi connectivity index (χ0v) is 19.4. The van der Waals surface area contributed by atoms with Crippen LogP contribution in [0.15, 0.2) is 24.3 Å². The molecule has 178 valence electrons. The summed E-state index contributed by atoms with van der Waals surface area (Å²) >= 11 is 0. The molecule has 8 heteroatoms. The van der Waals surface area contributed by atoms with Crippen molar-refractivity contribution in [3.63, 3.8) is 0 Å². The van der Waals surface area contributed by atoms with Gasteiger partial charge in [0.15, 0.2) is 0 Å². The average molecular weight is 466 g/mol. The zero-order valence-electron chi connectivity index (χ0n) is 19.4. The van der Waals surface area contributed by atoms with Crippen LogP contribution in [0.5, 0.6) is 0 Å². The smallest absolute Gasteiger partial charge is 0.338 e. The van der Waals surface area contributed by atoms with Gasteiger partial charge in [-0.3, -0.25) is 9.80 Å². The van der Waals surface area contributed by atoms with E-state index < -0.39 is 11.9 Å². The fraction of sp³-hybridized carbons (Fsp3) is 0.462. The number of aliphatic hydroxyl groups is 1. The Hall–Kier alpha value is -2.83. The first kappa shape index (κ1) is 22.9. The summed E-state index contributed by atoms with van der Waals surface area (Å²) in [6, 6.07) is 8.81. The number of nitriles is 1. The molecular formula is C26H28FN3O4. The highest BCUT2D eigenvalue weighted by Gasteiger charge is 2.36. The van der Waals surface area contributed by atoms with E-state index >= 15 is 0 Å². The number of morpholine rings is 1. The number of benzene rings is 2. The van der Waals surface area contributed by atoms with Gasteiger partial charge in [0.25, 0.3) is 0 Å². The Morgan fingerprint density at radius 2 is 2.03 bits per heavy atom. The molecule has 3 aliphatic rings. The Bertz CT molecular complexity index is 1180. The Morgan fingerprint density at radius 1 is 1.21 bits per heavy atom. The van der Waals surface area contributed by atoms with Crippen LogP contribution >= 0.6 is 0 Å². The van der Waals surface area contributed by atoms with Crippen molar-refractivity contribution < 1.29 is 23.8 Å². The minimum atomic E-state index is -0.656. The highest BCUT2D eigenvalue weighted by molar-refractivity contribution is 5.93. The fourth-order valence-corrected chi connectivity index (χ4v) is 5.45. The van der Waals surface area contributed by atoms with Crippen LogP contribution in [0.4, 0.5) is 4.39 Å². The summed E-state index contributed by atoms with van der Waals surface area (Å²) in [4.78, 5) is 16.4. The van der Waals surface area contributed by atoms with Gasteiger partial charge in [-0.25, -0.2) is 9.18 Å². The molecule has 0 amide bonds. The quantitative estimate of drug-likeness (QED) is 0.695. The number of cyclic esters (lactones) is 1. The number of ether oxygens (including phenoxy) is 2. The monoisotopic (exact) mass is 465 g/mol. The number of carbonyl (C=O) groups is 1. The molecule has 0 radical (unpaired) electrons. The van der Waals surface area contributed by atoms with Crippen LogP contribution in [0.3, 0.4) is 0 Å². The Labute approximate surface area is 198 Å². The number of fused-ring (bicyclic) bond motifs is 2. The maximum atomic E-state index is 13.9. The first-order valence-corrected chi connectivity index (χ1v) is 11.6. The molecule has 0 spiro atoms. The van der Waals surface area contributed by atoms with Gasteiger partial charge in [-0.2, -0.15) is 5.26 Å². The third-order valence-corrected chi connectivity index (χ3v) is 7.49. The first-order chi connectivity index (χ1) is 16.4. The van der Waals surface area contributed by atoms with Crippen LogP contribution < -0.4 is 0 Å². The van der Waals surface area contributed by atoms with Crippen molar-refractivity contribution in [2.24, 2.45) is 0 Å². The lowest BCUT2D eigenvalue weighted by atomic mass is 9.94. The van der Waals surface area contributed by atoms with Gasteiger partial charge in [0.2, 0.25) is 0 Å². The van der Waals surface area contributed by atoms with Gasteiger partial charge < -0.3 is 14.6 Å². The van der Waals surface area contributed by atoms with E-state index in [9.17, 15) is 19.6 Å². The van der Waals surface area contributed by atoms with E-state index in [2.05, 4.69) is 9.80 Å². The second-order valence-electron chi connectivity index (χ2n) is 9.38. The number of esters is 1. The van der Waals surface area contributed by atoms with Crippen LogP contribution in [0.25, 0.3) is 0 Å². The van der Waals surface area contributed by atoms with Crippen molar-refractivity contribution >= 4 is 5.97 Å². The minimum Gasteiger partial charge on any atom is -0.457 e. The lowest BCUT2D eigenvalue weighted by Gasteiger charge is -2.46. The largest absolute Gasteiger partial charge is 0.457 e. The predicted octanol–water partition coefficient (Wildman–Crippen LogP) is 2.78. The van der Waals surface area contributed by atoms with Crippen molar-refractivity contribution in [3.8, 4) is 6.07 Å². The van der Waals surface area contributed by atoms with E-state index in [4.69, 9.17) is 9.47 Å². The van der Waals surface area contributed by atoms with Gasteiger partial charge in [-0.15, -0.1) is 0 Å². The second-order valence-corrected chi connectivity index (χ2v) is 9.38. The number of β-amino-alcohol motifs (C(OH)–C–C–N with tert-alkyl or cyclic N) is 1. The van der Waals surface area contributed by atoms with E-state index in [0.29, 0.717) is 30.8 Å². The first-order valence-electron chi connectivity index (χ1n) is 11.6. The van der Waals surface area contributed by atoms with Gasteiger partial charge in [0.05, 0.1) is 29.9 Å². The summed E-state index contributed by atoms with van der Waals surface area (Å²) < 4.78 is 25.2. The number of carbonyl (C=O) groups excluding carboxylic acids is 1. The summed E-state index contributed by atoms with van der Waals surface area (Å²) in [5, 5.41) is 20.2. The normalized spacial score (nSPS) is 23.7. The molecule has 0 aliphatic carbocycles. The van der Waals surface area contributed by atoms with Crippen molar-refractivity contribution in [2.75, 3.05) is 39.3 Å². The molecular weight excluding hydrogens is 437 g/mol. The molecule has 2 fully saturated rings. The molecule has 0 unspecified atom stereocenters. The van der Waals surface area contributed by atoms with Gasteiger partial charge in [0, 0.05) is 44.3 Å². The van der Waals surface area contributed by atoms with Crippen LogP contribution in [0, 0.1) is 31.0 Å². The van der Waals surface area contributed by atoms with E-state index in [-0.39, 0.29) is 30.3 Å². The number of nitrogens with zero attached hydrogens (tertiary/aromatic N) is 3. The molecule has 3 atom stereocenters. The average Bonchev–Trinajstić information content (AvgIpc) is 3.21. The highest BCUT2D eigenvalue weighted by Crippen LogP contribution is 2.32. The summed E-state index contributed by atoms with van der Waals surface area (Å²) in [6.07, 6.45) is -0.851. The Kier molecular flexibility index (Phi) is 6.13. The molecule has 3 aliphatic heterocycles. The standard InChI is InChI=1S/C26H28FN3O4/c1-15-18(3-4-20-22(15)14-34-26(20)32)24(31)11-29-7-8-30-12-25(33-13-17(30)10-29)19-5-6-23(27)21(9-28)16(19)2/h3-6,17,24-25,31H,7-8,10-14H2,1-2H3/t17-,24-,25-/m1/s1. The second kappa shape index (κ2) is 9.08. The van der Waals surface area contributed by atoms with E-state index in [1.165, 1.54) is 6.07 Å². The molecule has 1 N–H and O–H groups in total. The highest BCUT2D eigenvalue weighted by atomic mass is 19.1. The summed E-state index contributed by atoms with van der Waals surface area (Å²) in [6.45, 7) is 8.14. The Balaban J connectivity index is 1.22. The van der Waals surface area contributed by atoms with Gasteiger partial charge in [-0.1, -0.05) is 12.1 Å². The van der Waals surface area contributed by atoms with E-state index in [0.717, 1.165) is 41.9 Å². The van der Waals surface area contributed by atoms with Crippen LogP contribution in [-0.4, -0.2) is 66.2 Å². The molecule has 2 saturated heterocycles. The molecule has 0 aromatic heterocycles. The van der Waals surface area contributed by atoms with Crippen molar-refractivity contribution in [2.45, 2.75) is 38.7 Å². The summed E-state index contributed by atoms with van der Waals surface area (Å²) in [5.41, 5.74) is 4.81. The van der Waals surface area contributed by atoms with Crippen molar-refractivity contribution in [3.05, 3.63) is 69.0 Å². The van der Waals surface area contributed by atoms with E-state index in [1.54, 1.807) is 19.1 Å². The van der Waals surface area contributed by atoms with Crippen molar-refractivity contribution in [1.29, 1.82) is 5.26 Å². The number of hydrogen-bond acceptors (Lipinski definition) is 7. The van der Waals surface area contributed by atoms with Gasteiger partial charge in [0.1, 0.15) is 18.5 Å². The molecule has 7 nitrogen and oxygen atoms in total. The lowest BCUT2D eigenvalue weighted by molar-refractivity contribution is -0.0939. The van der Waals surface area contributed by atoms with Gasteiger partial charge >= 0.3 is 5.97 Å². The number of rotatable bonds is 4. The number of piperazine rings is 1. The fourth-order valence-electron chi connectivity index (χ4n) is 5.45. The van der Waals surface area contributed by atoms with Crippen LogP contribution in [-0.2, 0) is 16.1 Å². The summed E-state index contributed by atoms with van der Waals surface area (Å²) in [7, 11) is 0. The SMILES string of the molecule is Cc1c([C@H]2CN3CCN(C[C@@H](O)c4ccc5c(c4C)COC5=O)C[C@@H]3CO2)ccc(F)c1C#N. The molecule has 34 heavy (non-hydrogen) atoms. The molecule has 0 bridgehead atoms. The summed E-state index contributed by atoms with van der Waals surface area (Å²) in [5.74, 6) is -0.798. The molecule has 5 rings (SSSR count). The Morgan fingerprint density at radius 3 is 2.82 bits per heavy atom. The number of hydrogen-bond donors (Lipinski definition) is 1. The number of halogens is 1. The van der Waals surface area contributed by atoms with Crippen LogP contribution in [0.2, 0.25) is 0 Å². The zero-order chi connectivity index (χ0) is 24.0. The molecule has 3 heterocycles. The molecule has 0 saturated carbocycles. The topological polar surface area (TPSA) is 86.0 Å². The minimum absolute atomic E-state index is 0.0832. The number of aliphatic hydroxyl groups excluding tert-OH is 1. The van der Waals surface area contributed by atoms with Crippen molar-refractivity contribution in [1.82, 2.24) is 9.80 Å². The maximum Gasteiger partial charge on any atom is 0.338 e. The third kappa shape index (κ3) is 3.99. The molecule has 2 aromatic rings. The predicted molar refractivity (Wildman–Crippen MR) is 122 cm³/mol. The maximum absolute atomic E-state index is 13.9. The van der Waals surface area contributed by atoms with Crippen LogP contribution in [0.1, 0.15) is 55.9 Å². The van der Waals surface area contributed by atoms with Gasteiger partial charge in [-0.05, 0) is 48.2 Å². The van der Waals surface area contributed by atoms with E-state index in [1.807, 2.05) is 19.1 Å². The molecule has 2 aromatic carbocycles.